The first kappa shape index (κ1) is 15.9. The van der Waals surface area contributed by atoms with Gasteiger partial charge in [-0.2, -0.15) is 0 Å². The number of amides is 1. The van der Waals surface area contributed by atoms with E-state index < -0.39 is 0 Å². The van der Waals surface area contributed by atoms with Crippen molar-refractivity contribution in [1.82, 2.24) is 0 Å². The molecule has 0 aliphatic rings. The van der Waals surface area contributed by atoms with Crippen molar-refractivity contribution >= 4 is 23.6 Å². The fourth-order valence-corrected chi connectivity index (χ4v) is 1.53. The smallest absolute Gasteiger partial charge is 0.330 e. The Kier molecular flexibility index (Phi) is 6.46. The number of anilines is 1. The van der Waals surface area contributed by atoms with Gasteiger partial charge in [-0.1, -0.05) is 12.1 Å². The van der Waals surface area contributed by atoms with Gasteiger partial charge in [-0.25, -0.2) is 4.79 Å². The topological polar surface area (TPSA) is 55.8 Å². The predicted molar refractivity (Wildman–Crippen MR) is 77.4 cm³/mol. The number of likely N-dealkylation sites (N-methyl/N-ethyl adjacent to an activating group) is 1. The van der Waals surface area contributed by atoms with Gasteiger partial charge in [-0.3, -0.25) is 4.79 Å². The Hall–Kier alpha value is -2.14. The third kappa shape index (κ3) is 4.85. The zero-order valence-corrected chi connectivity index (χ0v) is 12.0. The van der Waals surface area contributed by atoms with Crippen LogP contribution in [0.15, 0.2) is 30.3 Å². The van der Waals surface area contributed by atoms with Gasteiger partial charge in [-0.05, 0) is 30.7 Å². The molecule has 1 aromatic rings. The van der Waals surface area contributed by atoms with Crippen LogP contribution in [0.1, 0.15) is 12.5 Å². The number of methoxy groups -OCH3 is 1. The molecular weight excluding hydrogens is 258 g/mol. The molecule has 0 aliphatic carbocycles. The molecule has 0 fully saturated rings. The molecule has 1 rings (SSSR count). The fourth-order valence-electron chi connectivity index (χ4n) is 1.53. The Balaban J connectivity index is 2.69. The summed E-state index contributed by atoms with van der Waals surface area (Å²) >= 11 is 0. The van der Waals surface area contributed by atoms with E-state index in [0.717, 1.165) is 11.3 Å². The Labute approximate surface area is 118 Å². The second-order valence-electron chi connectivity index (χ2n) is 4.06. The van der Waals surface area contributed by atoms with Crippen molar-refractivity contribution in [3.8, 4) is 0 Å². The Morgan fingerprint density at radius 1 is 1.25 bits per heavy atom. The standard InChI is InChI=1S/C15H19NO4/c1-4-20-15(18)10-7-12-5-8-13(9-6-12)16(2)14(17)11-19-3/h5-10H,4,11H2,1-3H3. The molecule has 5 heteroatoms. The first-order chi connectivity index (χ1) is 9.58. The minimum atomic E-state index is -0.371. The van der Waals surface area contributed by atoms with E-state index in [9.17, 15) is 9.59 Å². The number of carbonyl (C=O) groups is 2. The normalized spacial score (nSPS) is 10.6. The lowest BCUT2D eigenvalue weighted by molar-refractivity contribution is -0.137. The number of rotatable bonds is 6. The summed E-state index contributed by atoms with van der Waals surface area (Å²) in [5.41, 5.74) is 1.62. The van der Waals surface area contributed by atoms with Gasteiger partial charge in [-0.15, -0.1) is 0 Å². The van der Waals surface area contributed by atoms with Crippen LogP contribution in [0.3, 0.4) is 0 Å². The van der Waals surface area contributed by atoms with Gasteiger partial charge in [0.1, 0.15) is 6.61 Å². The van der Waals surface area contributed by atoms with E-state index in [0.29, 0.717) is 6.61 Å². The van der Waals surface area contributed by atoms with Gasteiger partial charge in [0.15, 0.2) is 0 Å². The highest BCUT2D eigenvalue weighted by atomic mass is 16.5. The highest BCUT2D eigenvalue weighted by Gasteiger charge is 2.09. The molecular formula is C15H19NO4. The number of nitrogens with zero attached hydrogens (tertiary/aromatic N) is 1. The van der Waals surface area contributed by atoms with Gasteiger partial charge in [0.25, 0.3) is 5.91 Å². The third-order valence-electron chi connectivity index (χ3n) is 2.62. The van der Waals surface area contributed by atoms with Crippen LogP contribution in [0.2, 0.25) is 0 Å². The van der Waals surface area contributed by atoms with E-state index in [4.69, 9.17) is 9.47 Å². The molecule has 0 N–H and O–H groups in total. The maximum Gasteiger partial charge on any atom is 0.330 e. The van der Waals surface area contributed by atoms with E-state index in [1.165, 1.54) is 18.1 Å². The lowest BCUT2D eigenvalue weighted by Crippen LogP contribution is -2.29. The number of hydrogen-bond donors (Lipinski definition) is 0. The molecule has 0 saturated carbocycles. The summed E-state index contributed by atoms with van der Waals surface area (Å²) < 4.78 is 9.60. The highest BCUT2D eigenvalue weighted by molar-refractivity contribution is 5.94. The van der Waals surface area contributed by atoms with Crippen molar-refractivity contribution in [2.24, 2.45) is 0 Å². The van der Waals surface area contributed by atoms with Gasteiger partial charge < -0.3 is 14.4 Å². The van der Waals surface area contributed by atoms with Crippen molar-refractivity contribution in [2.45, 2.75) is 6.92 Å². The maximum absolute atomic E-state index is 11.6. The Bertz CT molecular complexity index is 479. The monoisotopic (exact) mass is 277 g/mol. The minimum Gasteiger partial charge on any atom is -0.463 e. The first-order valence-electron chi connectivity index (χ1n) is 6.29. The summed E-state index contributed by atoms with van der Waals surface area (Å²) in [5.74, 6) is -0.494. The predicted octanol–water partition coefficient (Wildman–Crippen LogP) is 1.87. The molecule has 1 amide bonds. The molecule has 20 heavy (non-hydrogen) atoms. The quantitative estimate of drug-likeness (QED) is 0.588. The summed E-state index contributed by atoms with van der Waals surface area (Å²) in [5, 5.41) is 0. The second-order valence-corrected chi connectivity index (χ2v) is 4.06. The van der Waals surface area contributed by atoms with E-state index in [2.05, 4.69) is 0 Å². The van der Waals surface area contributed by atoms with E-state index in [-0.39, 0.29) is 18.5 Å². The zero-order chi connectivity index (χ0) is 15.0. The molecule has 1 aromatic carbocycles. The lowest BCUT2D eigenvalue weighted by Gasteiger charge is -2.16. The van der Waals surface area contributed by atoms with Crippen molar-refractivity contribution < 1.29 is 19.1 Å². The molecule has 0 heterocycles. The van der Waals surface area contributed by atoms with Gasteiger partial charge in [0.2, 0.25) is 0 Å². The number of carbonyl (C=O) groups excluding carboxylic acids is 2. The largest absolute Gasteiger partial charge is 0.463 e. The van der Waals surface area contributed by atoms with Gasteiger partial charge in [0.05, 0.1) is 6.61 Å². The highest BCUT2D eigenvalue weighted by Crippen LogP contribution is 2.15. The second kappa shape index (κ2) is 8.12. The summed E-state index contributed by atoms with van der Waals surface area (Å²) in [6.07, 6.45) is 3.04. The van der Waals surface area contributed by atoms with Crippen molar-refractivity contribution in [3.63, 3.8) is 0 Å². The van der Waals surface area contributed by atoms with Crippen molar-refractivity contribution in [1.29, 1.82) is 0 Å². The van der Waals surface area contributed by atoms with E-state index in [1.807, 2.05) is 12.1 Å². The van der Waals surface area contributed by atoms with Crippen LogP contribution in [-0.2, 0) is 19.1 Å². The molecule has 0 atom stereocenters. The number of esters is 1. The summed E-state index contributed by atoms with van der Waals surface area (Å²) in [7, 11) is 3.17. The van der Waals surface area contributed by atoms with Gasteiger partial charge >= 0.3 is 5.97 Å². The zero-order valence-electron chi connectivity index (χ0n) is 12.0. The van der Waals surface area contributed by atoms with E-state index in [1.54, 1.807) is 32.2 Å². The van der Waals surface area contributed by atoms with Crippen LogP contribution in [0.5, 0.6) is 0 Å². The molecule has 0 spiro atoms. The van der Waals surface area contributed by atoms with Crippen LogP contribution in [-0.4, -0.2) is 39.2 Å². The molecule has 0 aromatic heterocycles. The molecule has 108 valence electrons. The molecule has 0 radical (unpaired) electrons. The third-order valence-corrected chi connectivity index (χ3v) is 2.62. The summed E-state index contributed by atoms with van der Waals surface area (Å²) in [6, 6.07) is 7.25. The Morgan fingerprint density at radius 3 is 2.45 bits per heavy atom. The maximum atomic E-state index is 11.6. The van der Waals surface area contributed by atoms with Crippen LogP contribution in [0.25, 0.3) is 6.08 Å². The van der Waals surface area contributed by atoms with Crippen LogP contribution in [0.4, 0.5) is 5.69 Å². The molecule has 0 aliphatic heterocycles. The molecule has 5 nitrogen and oxygen atoms in total. The van der Waals surface area contributed by atoms with Crippen LogP contribution >= 0.6 is 0 Å². The number of ether oxygens (including phenoxy) is 2. The minimum absolute atomic E-state index is 0.0427. The molecule has 0 saturated heterocycles. The van der Waals surface area contributed by atoms with E-state index >= 15 is 0 Å². The number of hydrogen-bond acceptors (Lipinski definition) is 4. The first-order valence-corrected chi connectivity index (χ1v) is 6.29. The molecule has 0 unspecified atom stereocenters. The van der Waals surface area contributed by atoms with Crippen LogP contribution < -0.4 is 4.90 Å². The lowest BCUT2D eigenvalue weighted by atomic mass is 10.2. The van der Waals surface area contributed by atoms with Crippen molar-refractivity contribution in [3.05, 3.63) is 35.9 Å². The Morgan fingerprint density at radius 2 is 1.90 bits per heavy atom. The van der Waals surface area contributed by atoms with Crippen LogP contribution in [0, 0.1) is 0 Å². The average Bonchev–Trinajstić information content (AvgIpc) is 2.45. The SMILES string of the molecule is CCOC(=O)C=Cc1ccc(N(C)C(=O)COC)cc1. The average molecular weight is 277 g/mol. The molecule has 0 bridgehead atoms. The summed E-state index contributed by atoms with van der Waals surface area (Å²) in [4.78, 5) is 24.3. The van der Waals surface area contributed by atoms with Crippen molar-refractivity contribution in [2.75, 3.05) is 32.3 Å². The number of benzene rings is 1. The summed E-state index contributed by atoms with van der Waals surface area (Å²) in [6.45, 7) is 2.16. The fraction of sp³-hybridized carbons (Fsp3) is 0.333. The van der Waals surface area contributed by atoms with Gasteiger partial charge in [0, 0.05) is 25.9 Å².